The first kappa shape index (κ1) is 20.0. The van der Waals surface area contributed by atoms with Crippen LogP contribution in [-0.2, 0) is 21.4 Å². The third kappa shape index (κ3) is 4.38. The summed E-state index contributed by atoms with van der Waals surface area (Å²) in [5, 5.41) is 0.804. The number of aromatic nitrogens is 2. The normalized spacial score (nSPS) is 11.5. The van der Waals surface area contributed by atoms with Crippen LogP contribution >= 0.6 is 11.6 Å². The van der Waals surface area contributed by atoms with Crippen molar-refractivity contribution in [3.05, 3.63) is 69.2 Å². The molecule has 0 atom stereocenters. The van der Waals surface area contributed by atoms with Crippen molar-refractivity contribution in [2.75, 3.05) is 6.54 Å². The van der Waals surface area contributed by atoms with E-state index in [9.17, 15) is 18.0 Å². The second kappa shape index (κ2) is 8.09. The second-order valence-corrected chi connectivity index (χ2v) is 7.98. The number of hydrogen-bond donors (Lipinski definition) is 2. The molecule has 0 spiro atoms. The summed E-state index contributed by atoms with van der Waals surface area (Å²) in [7, 11) is -3.60. The van der Waals surface area contributed by atoms with E-state index in [-0.39, 0.29) is 35.0 Å². The molecule has 0 aliphatic carbocycles. The van der Waals surface area contributed by atoms with Crippen LogP contribution in [0.1, 0.15) is 23.1 Å². The minimum Gasteiger partial charge on any atom is -0.454 e. The van der Waals surface area contributed by atoms with Crippen molar-refractivity contribution in [1.82, 2.24) is 14.7 Å². The van der Waals surface area contributed by atoms with Gasteiger partial charge in [0.25, 0.3) is 5.56 Å². The predicted molar refractivity (Wildman–Crippen MR) is 104 cm³/mol. The smallest absolute Gasteiger partial charge is 0.338 e. The summed E-state index contributed by atoms with van der Waals surface area (Å²) in [5.41, 5.74) is 0.188. The third-order valence-corrected chi connectivity index (χ3v) is 5.59. The first-order valence-corrected chi connectivity index (χ1v) is 10.1. The zero-order valence-corrected chi connectivity index (χ0v) is 16.3. The van der Waals surface area contributed by atoms with Gasteiger partial charge in [-0.2, -0.15) is 0 Å². The first-order valence-electron chi connectivity index (χ1n) is 8.25. The lowest BCUT2D eigenvalue weighted by atomic mass is 10.2. The fourth-order valence-corrected chi connectivity index (χ4v) is 3.70. The fraction of sp³-hybridized carbons (Fsp3) is 0.167. The van der Waals surface area contributed by atoms with Gasteiger partial charge in [-0.15, -0.1) is 0 Å². The van der Waals surface area contributed by atoms with Crippen LogP contribution in [0.15, 0.2) is 52.2 Å². The highest BCUT2D eigenvalue weighted by Gasteiger charge is 2.15. The maximum Gasteiger partial charge on any atom is 0.338 e. The maximum absolute atomic E-state index is 12.2. The number of rotatable bonds is 6. The zero-order valence-electron chi connectivity index (χ0n) is 14.7. The number of nitrogens with zero attached hydrogens (tertiary/aromatic N) is 1. The lowest BCUT2D eigenvalue weighted by molar-refractivity contribution is 0.0462. The van der Waals surface area contributed by atoms with Crippen molar-refractivity contribution >= 4 is 38.5 Å². The van der Waals surface area contributed by atoms with Crippen LogP contribution in [0.4, 0.5) is 0 Å². The van der Waals surface area contributed by atoms with E-state index in [1.54, 1.807) is 25.1 Å². The summed E-state index contributed by atoms with van der Waals surface area (Å²) >= 11 is 5.91. The SMILES string of the molecule is CCNS(=O)(=O)c1ccc(C(=O)OCc2nc3cc(Cl)ccc3c(=O)[nH]2)cc1. The topological polar surface area (TPSA) is 118 Å². The molecule has 0 unspecified atom stereocenters. The zero-order chi connectivity index (χ0) is 20.3. The van der Waals surface area contributed by atoms with Gasteiger partial charge in [-0.1, -0.05) is 18.5 Å². The molecule has 0 bridgehead atoms. The molecule has 3 aromatic rings. The summed E-state index contributed by atoms with van der Waals surface area (Å²) < 4.78 is 31.3. The van der Waals surface area contributed by atoms with Gasteiger partial charge < -0.3 is 9.72 Å². The van der Waals surface area contributed by atoms with Gasteiger partial charge in [0.2, 0.25) is 10.0 Å². The maximum atomic E-state index is 12.2. The quantitative estimate of drug-likeness (QED) is 0.589. The molecule has 0 aliphatic heterocycles. The molecular formula is C18H16ClN3O5S. The molecule has 0 radical (unpaired) electrons. The van der Waals surface area contributed by atoms with Gasteiger partial charge in [0.1, 0.15) is 12.4 Å². The fourth-order valence-electron chi connectivity index (χ4n) is 2.49. The Morgan fingerprint density at radius 2 is 1.93 bits per heavy atom. The molecule has 10 heteroatoms. The Morgan fingerprint density at radius 1 is 1.21 bits per heavy atom. The van der Waals surface area contributed by atoms with Gasteiger partial charge in [0.15, 0.2) is 0 Å². The van der Waals surface area contributed by atoms with Gasteiger partial charge in [-0.25, -0.2) is 22.9 Å². The van der Waals surface area contributed by atoms with Crippen LogP contribution in [0.5, 0.6) is 0 Å². The Kier molecular flexibility index (Phi) is 5.78. The van der Waals surface area contributed by atoms with E-state index >= 15 is 0 Å². The van der Waals surface area contributed by atoms with Crippen molar-refractivity contribution in [1.29, 1.82) is 0 Å². The molecule has 0 amide bonds. The Morgan fingerprint density at radius 3 is 2.61 bits per heavy atom. The largest absolute Gasteiger partial charge is 0.454 e. The van der Waals surface area contributed by atoms with Crippen LogP contribution in [-0.4, -0.2) is 30.9 Å². The molecule has 28 heavy (non-hydrogen) atoms. The number of H-pyrrole nitrogens is 1. The highest BCUT2D eigenvalue weighted by atomic mass is 35.5. The highest BCUT2D eigenvalue weighted by Crippen LogP contribution is 2.15. The number of carbonyl (C=O) groups is 1. The Balaban J connectivity index is 1.74. The molecule has 3 rings (SSSR count). The molecule has 0 saturated carbocycles. The van der Waals surface area contributed by atoms with Crippen LogP contribution in [0.2, 0.25) is 5.02 Å². The summed E-state index contributed by atoms with van der Waals surface area (Å²) in [4.78, 5) is 31.1. The lowest BCUT2D eigenvalue weighted by Crippen LogP contribution is -2.23. The van der Waals surface area contributed by atoms with Crippen molar-refractivity contribution in [2.24, 2.45) is 0 Å². The molecule has 146 valence electrons. The van der Waals surface area contributed by atoms with Gasteiger partial charge in [0, 0.05) is 11.6 Å². The number of benzene rings is 2. The first-order chi connectivity index (χ1) is 13.3. The number of aromatic amines is 1. The summed E-state index contributed by atoms with van der Waals surface area (Å²) in [6.45, 7) is 1.67. The number of halogens is 1. The minimum atomic E-state index is -3.60. The second-order valence-electron chi connectivity index (χ2n) is 5.78. The van der Waals surface area contributed by atoms with Crippen molar-refractivity contribution in [2.45, 2.75) is 18.4 Å². The average Bonchev–Trinajstić information content (AvgIpc) is 2.66. The number of hydrogen-bond acceptors (Lipinski definition) is 6. The standard InChI is InChI=1S/C18H16ClN3O5S/c1-2-20-28(25,26)13-6-3-11(4-7-13)18(24)27-10-16-21-15-9-12(19)5-8-14(15)17(23)22-16/h3-9,20H,2,10H2,1H3,(H,21,22,23). The highest BCUT2D eigenvalue weighted by molar-refractivity contribution is 7.89. The third-order valence-electron chi connectivity index (χ3n) is 3.79. The number of nitrogens with one attached hydrogen (secondary N) is 2. The summed E-state index contributed by atoms with van der Waals surface area (Å²) in [6.07, 6.45) is 0. The van der Waals surface area contributed by atoms with Crippen molar-refractivity contribution in [3.63, 3.8) is 0 Å². The molecule has 0 fully saturated rings. The van der Waals surface area contributed by atoms with E-state index in [4.69, 9.17) is 16.3 Å². The number of fused-ring (bicyclic) bond motifs is 1. The predicted octanol–water partition coefficient (Wildman–Crippen LogP) is 2.23. The van der Waals surface area contributed by atoms with Crippen LogP contribution in [0, 0.1) is 0 Å². The Bertz CT molecular complexity index is 1190. The monoisotopic (exact) mass is 421 g/mol. The number of carbonyl (C=O) groups excluding carboxylic acids is 1. The molecule has 2 aromatic carbocycles. The van der Waals surface area contributed by atoms with E-state index < -0.39 is 16.0 Å². The Hall–Kier alpha value is -2.75. The Labute approximate surface area is 165 Å². The lowest BCUT2D eigenvalue weighted by Gasteiger charge is -2.07. The minimum absolute atomic E-state index is 0.0447. The van der Waals surface area contributed by atoms with E-state index in [2.05, 4.69) is 14.7 Å². The van der Waals surface area contributed by atoms with E-state index in [1.807, 2.05) is 0 Å². The molecular weight excluding hydrogens is 406 g/mol. The van der Waals surface area contributed by atoms with Gasteiger partial charge in [-0.05, 0) is 42.5 Å². The van der Waals surface area contributed by atoms with E-state index in [1.165, 1.54) is 24.3 Å². The summed E-state index contributed by atoms with van der Waals surface area (Å²) in [6, 6.07) is 10.0. The average molecular weight is 422 g/mol. The molecule has 0 aliphatic rings. The van der Waals surface area contributed by atoms with Crippen molar-refractivity contribution in [3.8, 4) is 0 Å². The molecule has 1 heterocycles. The number of ether oxygens (including phenoxy) is 1. The van der Waals surface area contributed by atoms with Crippen LogP contribution < -0.4 is 10.3 Å². The number of esters is 1. The number of sulfonamides is 1. The van der Waals surface area contributed by atoms with Gasteiger partial charge in [0.05, 0.1) is 21.4 Å². The van der Waals surface area contributed by atoms with Crippen LogP contribution in [0.25, 0.3) is 10.9 Å². The molecule has 0 saturated heterocycles. The molecule has 1 aromatic heterocycles. The van der Waals surface area contributed by atoms with E-state index in [0.717, 1.165) is 0 Å². The van der Waals surface area contributed by atoms with Crippen LogP contribution in [0.3, 0.4) is 0 Å². The van der Waals surface area contributed by atoms with Gasteiger partial charge in [-0.3, -0.25) is 4.79 Å². The van der Waals surface area contributed by atoms with E-state index in [0.29, 0.717) is 15.9 Å². The van der Waals surface area contributed by atoms with Gasteiger partial charge >= 0.3 is 5.97 Å². The molecule has 8 nitrogen and oxygen atoms in total. The molecule has 2 N–H and O–H groups in total. The van der Waals surface area contributed by atoms with Crippen molar-refractivity contribution < 1.29 is 17.9 Å². The summed E-state index contributed by atoms with van der Waals surface area (Å²) in [5.74, 6) is -0.513.